The van der Waals surface area contributed by atoms with Gasteiger partial charge in [0.2, 0.25) is 5.91 Å². The summed E-state index contributed by atoms with van der Waals surface area (Å²) in [5.74, 6) is -1.93. The van der Waals surface area contributed by atoms with Crippen LogP contribution in [0.1, 0.15) is 33.3 Å². The largest absolute Gasteiger partial charge is 0.477 e. The Kier molecular flexibility index (Phi) is 6.84. The maximum atomic E-state index is 13.4. The first kappa shape index (κ1) is 25.8. The summed E-state index contributed by atoms with van der Waals surface area (Å²) in [5, 5.41) is 20.9. The number of carboxylic acids is 1. The first-order valence-electron chi connectivity index (χ1n) is 10.6. The zero-order valence-electron chi connectivity index (χ0n) is 19.9. The molecule has 3 atom stereocenters. The van der Waals surface area contributed by atoms with E-state index in [0.717, 1.165) is 5.56 Å². The number of rotatable bonds is 8. The zero-order chi connectivity index (χ0) is 24.9. The van der Waals surface area contributed by atoms with Crippen molar-refractivity contribution in [3.63, 3.8) is 0 Å². The molecule has 2 aliphatic rings. The van der Waals surface area contributed by atoms with Gasteiger partial charge >= 0.3 is 5.97 Å². The molecule has 0 bridgehead atoms. The highest BCUT2D eigenvalue weighted by molar-refractivity contribution is 8.22. The number of benzene rings is 1. The number of amides is 1. The average molecular weight is 511 g/mol. The first-order valence-corrected chi connectivity index (χ1v) is 15.6. The number of fused-ring (bicyclic) bond motifs is 1. The summed E-state index contributed by atoms with van der Waals surface area (Å²) in [7, 11) is -2.19. The Labute approximate surface area is 203 Å². The summed E-state index contributed by atoms with van der Waals surface area (Å²) in [5.41, 5.74) is 0.787. The summed E-state index contributed by atoms with van der Waals surface area (Å²) in [6.07, 6.45) is 1.75. The molecule has 2 unspecified atom stereocenters. The number of hydrogen-bond acceptors (Lipinski definition) is 7. The topological polar surface area (TPSA) is 110 Å². The number of non-ortho nitro benzene ring substituents is 1. The van der Waals surface area contributed by atoms with Crippen LogP contribution < -0.4 is 0 Å². The summed E-state index contributed by atoms with van der Waals surface area (Å²) in [6.45, 7) is 12.6. The van der Waals surface area contributed by atoms with E-state index in [1.807, 2.05) is 6.92 Å². The molecule has 0 spiro atoms. The average Bonchev–Trinajstić information content (AvgIpc) is 2.97. The molecule has 1 saturated heterocycles. The minimum atomic E-state index is -2.19. The van der Waals surface area contributed by atoms with Gasteiger partial charge in [-0.1, -0.05) is 44.7 Å². The molecule has 180 valence electrons. The second-order valence-corrected chi connectivity index (χ2v) is 17.1. The molecule has 33 heavy (non-hydrogen) atoms. The Morgan fingerprint density at radius 1 is 1.36 bits per heavy atom. The Morgan fingerprint density at radius 3 is 2.39 bits per heavy atom. The highest BCUT2D eigenvalue weighted by atomic mass is 32.2. The van der Waals surface area contributed by atoms with Crippen molar-refractivity contribution in [3.05, 3.63) is 49.9 Å². The lowest BCUT2D eigenvalue weighted by Crippen LogP contribution is -2.71. The molecule has 0 aliphatic carbocycles. The minimum Gasteiger partial charge on any atom is -0.477 e. The molecule has 1 amide bonds. The van der Waals surface area contributed by atoms with Crippen LogP contribution in [0.5, 0.6) is 0 Å². The van der Waals surface area contributed by atoms with Crippen LogP contribution in [0.3, 0.4) is 0 Å². The van der Waals surface area contributed by atoms with Crippen LogP contribution in [0.2, 0.25) is 18.1 Å². The van der Waals surface area contributed by atoms with Crippen molar-refractivity contribution in [2.24, 2.45) is 5.92 Å². The molecule has 1 aromatic rings. The van der Waals surface area contributed by atoms with Gasteiger partial charge in [-0.25, -0.2) is 4.79 Å². The third-order valence-corrected chi connectivity index (χ3v) is 14.0. The molecule has 2 aliphatic heterocycles. The molecule has 0 aromatic heterocycles. The number of nitrogens with zero attached hydrogens (tertiary/aromatic N) is 2. The predicted octanol–water partition coefficient (Wildman–Crippen LogP) is 5.07. The van der Waals surface area contributed by atoms with Crippen LogP contribution in [0.4, 0.5) is 5.69 Å². The lowest BCUT2D eigenvalue weighted by molar-refractivity contribution is -0.384. The first-order chi connectivity index (χ1) is 15.2. The van der Waals surface area contributed by atoms with E-state index in [1.165, 1.54) is 40.6 Å². The normalized spacial score (nSPS) is 23.9. The Balaban J connectivity index is 2.01. The maximum Gasteiger partial charge on any atom is 0.354 e. The molecular formula is C22H30N2O6S2Si. The number of carbonyl (C=O) groups excluding carboxylic acids is 1. The Hall–Kier alpha value is -1.82. The molecule has 8 nitrogen and oxygen atoms in total. The van der Waals surface area contributed by atoms with Crippen LogP contribution >= 0.6 is 23.5 Å². The summed E-state index contributed by atoms with van der Waals surface area (Å²) < 4.78 is 7.16. The zero-order valence-corrected chi connectivity index (χ0v) is 22.5. The van der Waals surface area contributed by atoms with Gasteiger partial charge in [-0.05, 0) is 36.9 Å². The number of nitro groups is 1. The van der Waals surface area contributed by atoms with Gasteiger partial charge in [-0.15, -0.1) is 11.8 Å². The number of nitro benzene ring substituents is 1. The summed E-state index contributed by atoms with van der Waals surface area (Å²) >= 11 is 2.70. The SMILES string of the molecule is CSC1=C(C(=O)O)N2C(=O)C(C(C)O[Si](C)(C)C(C)(C)C)[C@@]2(Cc2ccc([N+](=O)[O-])cc2)S1. The van der Waals surface area contributed by atoms with E-state index in [1.54, 1.807) is 18.4 Å². The highest BCUT2D eigenvalue weighted by Gasteiger charge is 2.69. The molecule has 11 heteroatoms. The molecule has 1 aromatic carbocycles. The van der Waals surface area contributed by atoms with Crippen molar-refractivity contribution in [1.82, 2.24) is 4.90 Å². The number of carbonyl (C=O) groups is 2. The van der Waals surface area contributed by atoms with Crippen LogP contribution in [-0.4, -0.2) is 52.4 Å². The van der Waals surface area contributed by atoms with Crippen molar-refractivity contribution < 1.29 is 24.0 Å². The summed E-state index contributed by atoms with van der Waals surface area (Å²) in [6, 6.07) is 6.20. The van der Waals surface area contributed by atoms with Crippen molar-refractivity contribution in [1.29, 1.82) is 0 Å². The van der Waals surface area contributed by atoms with Crippen LogP contribution in [0.25, 0.3) is 0 Å². The van der Waals surface area contributed by atoms with Gasteiger partial charge in [0.25, 0.3) is 5.69 Å². The predicted molar refractivity (Wildman–Crippen MR) is 133 cm³/mol. The Bertz CT molecular complexity index is 1020. The molecular weight excluding hydrogens is 480 g/mol. The van der Waals surface area contributed by atoms with Crippen molar-refractivity contribution in [3.8, 4) is 0 Å². The molecule has 1 fully saturated rings. The van der Waals surface area contributed by atoms with E-state index in [9.17, 15) is 24.8 Å². The third kappa shape index (κ3) is 4.35. The van der Waals surface area contributed by atoms with E-state index in [2.05, 4.69) is 33.9 Å². The minimum absolute atomic E-state index is 0.00943. The van der Waals surface area contributed by atoms with Crippen LogP contribution in [0.15, 0.2) is 34.2 Å². The van der Waals surface area contributed by atoms with Crippen LogP contribution in [-0.2, 0) is 20.4 Å². The lowest BCUT2D eigenvalue weighted by atomic mass is 9.78. The molecule has 3 rings (SSSR count). The Morgan fingerprint density at radius 2 is 1.94 bits per heavy atom. The van der Waals surface area contributed by atoms with Gasteiger partial charge in [-0.3, -0.25) is 19.8 Å². The third-order valence-electron chi connectivity index (χ3n) is 6.79. The summed E-state index contributed by atoms with van der Waals surface area (Å²) in [4.78, 5) is 36.6. The van der Waals surface area contributed by atoms with Gasteiger partial charge < -0.3 is 9.53 Å². The molecule has 0 radical (unpaired) electrons. The van der Waals surface area contributed by atoms with Crippen molar-refractivity contribution >= 4 is 49.4 Å². The van der Waals surface area contributed by atoms with E-state index in [0.29, 0.717) is 10.7 Å². The molecule has 1 N–H and O–H groups in total. The van der Waals surface area contributed by atoms with Gasteiger partial charge in [0.1, 0.15) is 4.87 Å². The van der Waals surface area contributed by atoms with Crippen LogP contribution in [0, 0.1) is 16.0 Å². The number of carboxylic acid groups (broad SMARTS) is 1. The monoisotopic (exact) mass is 510 g/mol. The quantitative estimate of drug-likeness (QED) is 0.223. The molecule has 0 saturated carbocycles. The van der Waals surface area contributed by atoms with Gasteiger partial charge in [0.05, 0.1) is 21.2 Å². The fraction of sp³-hybridized carbons (Fsp3) is 0.545. The second-order valence-electron chi connectivity index (χ2n) is 9.93. The fourth-order valence-corrected chi connectivity index (χ4v) is 8.24. The number of hydrogen-bond donors (Lipinski definition) is 1. The smallest absolute Gasteiger partial charge is 0.354 e. The van der Waals surface area contributed by atoms with Crippen molar-refractivity contribution in [2.45, 2.75) is 63.2 Å². The van der Waals surface area contributed by atoms with E-state index >= 15 is 0 Å². The standard InChI is InChI=1S/C22H30N2O6S2Si/c1-13(30-33(6,7)21(2,3)4)16-18(25)23-17(19(26)27)20(31-5)32-22(16,23)12-14-8-10-15(11-9-14)24(28)29/h8-11,13,16H,12H2,1-7H3,(H,26,27)/t13?,16?,22-/m1/s1. The second kappa shape index (κ2) is 8.75. The van der Waals surface area contributed by atoms with E-state index in [-0.39, 0.29) is 22.3 Å². The fourth-order valence-electron chi connectivity index (χ4n) is 4.15. The van der Waals surface area contributed by atoms with Gasteiger partial charge in [-0.2, -0.15) is 0 Å². The highest BCUT2D eigenvalue weighted by Crippen LogP contribution is 2.62. The van der Waals surface area contributed by atoms with Crippen molar-refractivity contribution in [2.75, 3.05) is 6.26 Å². The van der Waals surface area contributed by atoms with E-state index in [4.69, 9.17) is 4.43 Å². The van der Waals surface area contributed by atoms with Gasteiger partial charge in [0.15, 0.2) is 14.0 Å². The number of thioether (sulfide) groups is 2. The lowest BCUT2D eigenvalue weighted by Gasteiger charge is -2.56. The maximum absolute atomic E-state index is 13.4. The van der Waals surface area contributed by atoms with E-state index < -0.39 is 36.1 Å². The number of aliphatic carboxylic acids is 1. The van der Waals surface area contributed by atoms with Gasteiger partial charge in [0, 0.05) is 18.6 Å². The number of β-lactam (4-membered cyclic amide) rings is 1. The molecule has 2 heterocycles.